The van der Waals surface area contributed by atoms with Crippen LogP contribution >= 0.6 is 11.6 Å². The molecule has 8 heteroatoms. The minimum Gasteiger partial charge on any atom is -0.505 e. The van der Waals surface area contributed by atoms with Gasteiger partial charge in [-0.05, 0) is 50.6 Å². The Morgan fingerprint density at radius 1 is 1.20 bits per heavy atom. The molecule has 3 aromatic rings. The Hall–Kier alpha value is -2.93. The van der Waals surface area contributed by atoms with E-state index in [1.54, 1.807) is 6.92 Å². The third-order valence-corrected chi connectivity index (χ3v) is 5.74. The summed E-state index contributed by atoms with van der Waals surface area (Å²) in [5.41, 5.74) is -1.16. The molecule has 30 heavy (non-hydrogen) atoms. The Morgan fingerprint density at radius 2 is 1.87 bits per heavy atom. The maximum absolute atomic E-state index is 15.0. The first-order valence-corrected chi connectivity index (χ1v) is 9.68. The van der Waals surface area contributed by atoms with Crippen LogP contribution in [0, 0.1) is 18.6 Å². The van der Waals surface area contributed by atoms with E-state index in [-0.39, 0.29) is 39.2 Å². The minimum atomic E-state index is -1.51. The molecule has 0 fully saturated rings. The van der Waals surface area contributed by atoms with Crippen LogP contribution in [0.15, 0.2) is 30.3 Å². The quantitative estimate of drug-likeness (QED) is 0.561. The first kappa shape index (κ1) is 21.8. The van der Waals surface area contributed by atoms with E-state index in [1.165, 1.54) is 32.0 Å². The second kappa shape index (κ2) is 7.72. The molecule has 0 aliphatic carbocycles. The Morgan fingerprint density at radius 3 is 2.43 bits per heavy atom. The van der Waals surface area contributed by atoms with Gasteiger partial charge in [0.05, 0.1) is 16.0 Å². The normalized spacial score (nSPS) is 13.4. The van der Waals surface area contributed by atoms with Crippen LogP contribution in [-0.2, 0) is 10.2 Å². The zero-order valence-corrected chi connectivity index (χ0v) is 17.3. The minimum absolute atomic E-state index is 0.0375. The third kappa shape index (κ3) is 3.23. The number of aromatic nitrogens is 1. The summed E-state index contributed by atoms with van der Waals surface area (Å²) in [5.74, 6) is -4.31. The summed E-state index contributed by atoms with van der Waals surface area (Å²) in [5, 5.41) is 19.6. The van der Waals surface area contributed by atoms with Crippen molar-refractivity contribution in [2.45, 2.75) is 39.0 Å². The highest BCUT2D eigenvalue weighted by atomic mass is 35.5. The van der Waals surface area contributed by atoms with Gasteiger partial charge < -0.3 is 10.2 Å². The maximum Gasteiger partial charge on any atom is 0.313 e. The van der Waals surface area contributed by atoms with Crippen molar-refractivity contribution in [1.29, 1.82) is 0 Å². The summed E-state index contributed by atoms with van der Waals surface area (Å²) >= 11 is 5.69. The van der Waals surface area contributed by atoms with Crippen molar-refractivity contribution >= 4 is 34.4 Å². The van der Waals surface area contributed by atoms with Gasteiger partial charge in [-0.3, -0.25) is 14.2 Å². The molecule has 3 rings (SSSR count). The molecule has 5 nitrogen and oxygen atoms in total. The predicted octanol–water partition coefficient (Wildman–Crippen LogP) is 5.42. The second-order valence-corrected chi connectivity index (χ2v) is 7.82. The molecule has 158 valence electrons. The summed E-state index contributed by atoms with van der Waals surface area (Å²) in [6.45, 7) is 4.76. The van der Waals surface area contributed by atoms with Crippen LogP contribution in [0.3, 0.4) is 0 Å². The first-order chi connectivity index (χ1) is 14.0. The van der Waals surface area contributed by atoms with Crippen LogP contribution < -0.4 is 0 Å². The standard InChI is InChI=1S/C22H20ClF2NO4/c1-4-9-22(3,21(29)30)18-11(2)26(15-7-8-16(27)19(25)17(15)18)20(28)12-5-6-13(23)14(24)10-12/h5-8,10,27H,4,9H2,1-3H3,(H,29,30)/t22-/m1/s1. The maximum atomic E-state index is 15.0. The van der Waals surface area contributed by atoms with Crippen molar-refractivity contribution in [1.82, 2.24) is 4.57 Å². The lowest BCUT2D eigenvalue weighted by atomic mass is 9.77. The highest BCUT2D eigenvalue weighted by Gasteiger charge is 2.41. The largest absolute Gasteiger partial charge is 0.505 e. The molecule has 0 amide bonds. The fourth-order valence-corrected chi connectivity index (χ4v) is 4.10. The Balaban J connectivity index is 2.41. The lowest BCUT2D eigenvalue weighted by Gasteiger charge is -2.25. The van der Waals surface area contributed by atoms with E-state index in [4.69, 9.17) is 11.6 Å². The number of carbonyl (C=O) groups is 2. The molecule has 2 aromatic carbocycles. The van der Waals surface area contributed by atoms with Crippen LogP contribution in [0.5, 0.6) is 5.75 Å². The van der Waals surface area contributed by atoms with Crippen molar-refractivity contribution in [2.24, 2.45) is 0 Å². The molecule has 0 bridgehead atoms. The molecule has 0 aliphatic rings. The zero-order valence-electron chi connectivity index (χ0n) is 16.6. The summed E-state index contributed by atoms with van der Waals surface area (Å²) in [6, 6.07) is 5.96. The number of carboxylic acids is 1. The van der Waals surface area contributed by atoms with E-state index < -0.39 is 34.7 Å². The Kier molecular flexibility index (Phi) is 5.60. The van der Waals surface area contributed by atoms with Gasteiger partial charge in [0.25, 0.3) is 5.91 Å². The monoisotopic (exact) mass is 435 g/mol. The first-order valence-electron chi connectivity index (χ1n) is 9.30. The van der Waals surface area contributed by atoms with Crippen LogP contribution in [0.2, 0.25) is 5.02 Å². The van der Waals surface area contributed by atoms with Gasteiger partial charge in [-0.15, -0.1) is 0 Å². The summed E-state index contributed by atoms with van der Waals surface area (Å²) in [7, 11) is 0. The molecule has 1 aromatic heterocycles. The van der Waals surface area contributed by atoms with Crippen molar-refractivity contribution in [3.05, 3.63) is 63.8 Å². The van der Waals surface area contributed by atoms with E-state index in [0.29, 0.717) is 6.42 Å². The van der Waals surface area contributed by atoms with Gasteiger partial charge in [0.2, 0.25) is 0 Å². The number of aromatic hydroxyl groups is 1. The number of aliphatic carboxylic acids is 1. The molecular weight excluding hydrogens is 416 g/mol. The number of rotatable bonds is 5. The van der Waals surface area contributed by atoms with Gasteiger partial charge in [0, 0.05) is 22.2 Å². The highest BCUT2D eigenvalue weighted by Crippen LogP contribution is 2.42. The topological polar surface area (TPSA) is 79.5 Å². The number of benzene rings is 2. The van der Waals surface area contributed by atoms with Gasteiger partial charge in [-0.25, -0.2) is 8.78 Å². The fraction of sp³-hybridized carbons (Fsp3) is 0.273. The summed E-state index contributed by atoms with van der Waals surface area (Å²) in [6.07, 6.45) is 0.673. The number of carbonyl (C=O) groups excluding carboxylic acids is 1. The molecule has 1 heterocycles. The molecule has 0 spiro atoms. The van der Waals surface area contributed by atoms with Crippen LogP contribution in [0.4, 0.5) is 8.78 Å². The number of fused-ring (bicyclic) bond motifs is 1. The summed E-state index contributed by atoms with van der Waals surface area (Å²) in [4.78, 5) is 25.4. The van der Waals surface area contributed by atoms with Crippen molar-refractivity contribution in [3.63, 3.8) is 0 Å². The van der Waals surface area contributed by atoms with Crippen molar-refractivity contribution in [3.8, 4) is 5.75 Å². The number of hydrogen-bond acceptors (Lipinski definition) is 3. The number of halogens is 3. The van der Waals surface area contributed by atoms with E-state index in [2.05, 4.69) is 0 Å². The molecule has 0 saturated carbocycles. The van der Waals surface area contributed by atoms with Crippen LogP contribution in [0.25, 0.3) is 10.9 Å². The van der Waals surface area contributed by atoms with Gasteiger partial charge in [-0.2, -0.15) is 0 Å². The second-order valence-electron chi connectivity index (χ2n) is 7.41. The molecule has 0 aliphatic heterocycles. The number of phenolic OH excluding ortho intramolecular Hbond substituents is 1. The van der Waals surface area contributed by atoms with E-state index in [1.807, 2.05) is 0 Å². The number of nitrogens with zero attached hydrogens (tertiary/aromatic N) is 1. The smallest absolute Gasteiger partial charge is 0.313 e. The average molecular weight is 436 g/mol. The van der Waals surface area contributed by atoms with E-state index >= 15 is 4.39 Å². The van der Waals surface area contributed by atoms with Gasteiger partial charge in [-0.1, -0.05) is 24.9 Å². The number of hydrogen-bond donors (Lipinski definition) is 2. The lowest BCUT2D eigenvalue weighted by molar-refractivity contribution is -0.143. The zero-order chi connectivity index (χ0) is 22.4. The van der Waals surface area contributed by atoms with Gasteiger partial charge in [0.15, 0.2) is 11.6 Å². The molecule has 0 radical (unpaired) electrons. The van der Waals surface area contributed by atoms with E-state index in [0.717, 1.165) is 16.7 Å². The average Bonchev–Trinajstić information content (AvgIpc) is 2.99. The van der Waals surface area contributed by atoms with Crippen LogP contribution in [0.1, 0.15) is 48.3 Å². The number of carboxylic acid groups (broad SMARTS) is 1. The highest BCUT2D eigenvalue weighted by molar-refractivity contribution is 6.30. The molecule has 2 N–H and O–H groups in total. The SMILES string of the molecule is CCC[C@@](C)(C(=O)O)c1c(C)n(C(=O)c2ccc(Cl)c(F)c2)c2ccc(O)c(F)c12. The molecule has 0 saturated heterocycles. The predicted molar refractivity (Wildman–Crippen MR) is 109 cm³/mol. The molecule has 1 atom stereocenters. The van der Waals surface area contributed by atoms with Crippen LogP contribution in [-0.4, -0.2) is 26.7 Å². The molecular formula is C22H20ClF2NO4. The Bertz CT molecular complexity index is 1190. The van der Waals surface area contributed by atoms with E-state index in [9.17, 15) is 24.2 Å². The van der Waals surface area contributed by atoms with Gasteiger partial charge >= 0.3 is 5.97 Å². The van der Waals surface area contributed by atoms with Crippen molar-refractivity contribution in [2.75, 3.05) is 0 Å². The Labute approximate surface area is 176 Å². The van der Waals surface area contributed by atoms with Gasteiger partial charge in [0.1, 0.15) is 5.82 Å². The molecule has 0 unspecified atom stereocenters. The fourth-order valence-electron chi connectivity index (χ4n) is 3.99. The third-order valence-electron chi connectivity index (χ3n) is 5.43. The van der Waals surface area contributed by atoms with Crippen molar-refractivity contribution < 1.29 is 28.6 Å². The lowest BCUT2D eigenvalue weighted by Crippen LogP contribution is -2.33. The summed E-state index contributed by atoms with van der Waals surface area (Å²) < 4.78 is 30.1. The number of phenols is 1.